The van der Waals surface area contributed by atoms with Crippen molar-refractivity contribution in [3.8, 4) is 6.07 Å². The Bertz CT molecular complexity index is 622. The number of benzene rings is 1. The van der Waals surface area contributed by atoms with Crippen molar-refractivity contribution in [1.82, 2.24) is 4.90 Å². The lowest BCUT2D eigenvalue weighted by Gasteiger charge is -2.35. The number of hydrogen-bond donors (Lipinski definition) is 0. The quantitative estimate of drug-likeness (QED) is 0.612. The van der Waals surface area contributed by atoms with Crippen LogP contribution in [0, 0.1) is 11.3 Å². The predicted molar refractivity (Wildman–Crippen MR) is 86.6 cm³/mol. The monoisotopic (exact) mass is 338 g/mol. The van der Waals surface area contributed by atoms with E-state index in [4.69, 9.17) is 27.9 Å². The molecule has 1 heterocycles. The SMILES string of the molecule is CC1CN(C(=O)/C(C#N)=C/c2c(Cl)cccc2Cl)CC(C)O1. The van der Waals surface area contributed by atoms with Gasteiger partial charge in [0.2, 0.25) is 0 Å². The van der Waals surface area contributed by atoms with E-state index in [0.29, 0.717) is 28.7 Å². The first-order valence-electron chi connectivity index (χ1n) is 6.93. The first-order chi connectivity index (χ1) is 10.4. The van der Waals surface area contributed by atoms with Crippen LogP contribution in [0.5, 0.6) is 0 Å². The largest absolute Gasteiger partial charge is 0.372 e. The van der Waals surface area contributed by atoms with Gasteiger partial charge in [0.1, 0.15) is 11.6 Å². The van der Waals surface area contributed by atoms with Gasteiger partial charge in [-0.1, -0.05) is 29.3 Å². The summed E-state index contributed by atoms with van der Waals surface area (Å²) in [5.41, 5.74) is 0.487. The van der Waals surface area contributed by atoms with Gasteiger partial charge in [-0.15, -0.1) is 0 Å². The van der Waals surface area contributed by atoms with E-state index in [9.17, 15) is 10.1 Å². The van der Waals surface area contributed by atoms with Gasteiger partial charge in [-0.05, 0) is 32.1 Å². The Labute approximate surface area is 139 Å². The summed E-state index contributed by atoms with van der Waals surface area (Å²) in [6, 6.07) is 6.98. The molecule has 0 saturated carbocycles. The minimum atomic E-state index is -0.333. The number of halogens is 2. The average Bonchev–Trinajstić information content (AvgIpc) is 2.45. The van der Waals surface area contributed by atoms with Crippen molar-refractivity contribution in [2.24, 2.45) is 0 Å². The molecule has 4 nitrogen and oxygen atoms in total. The van der Waals surface area contributed by atoms with E-state index in [1.54, 1.807) is 23.1 Å². The summed E-state index contributed by atoms with van der Waals surface area (Å²) < 4.78 is 5.60. The fourth-order valence-corrected chi connectivity index (χ4v) is 2.96. The fraction of sp³-hybridized carbons (Fsp3) is 0.375. The molecule has 22 heavy (non-hydrogen) atoms. The maximum Gasteiger partial charge on any atom is 0.264 e. The molecule has 2 rings (SSSR count). The highest BCUT2D eigenvalue weighted by Gasteiger charge is 2.28. The minimum Gasteiger partial charge on any atom is -0.372 e. The first kappa shape index (κ1) is 16.8. The number of nitrogens with zero attached hydrogens (tertiary/aromatic N) is 2. The maximum absolute atomic E-state index is 12.5. The summed E-state index contributed by atoms with van der Waals surface area (Å²) in [5, 5.41) is 10.1. The topological polar surface area (TPSA) is 53.3 Å². The number of carbonyl (C=O) groups is 1. The summed E-state index contributed by atoms with van der Waals surface area (Å²) in [7, 11) is 0. The van der Waals surface area contributed by atoms with Gasteiger partial charge in [0.05, 0.1) is 12.2 Å². The highest BCUT2D eigenvalue weighted by atomic mass is 35.5. The zero-order valence-corrected chi connectivity index (χ0v) is 13.9. The van der Waals surface area contributed by atoms with Crippen LogP contribution >= 0.6 is 23.2 Å². The molecule has 0 aliphatic carbocycles. The summed E-state index contributed by atoms with van der Waals surface area (Å²) in [6.07, 6.45) is 1.32. The van der Waals surface area contributed by atoms with Crippen molar-refractivity contribution in [1.29, 1.82) is 5.26 Å². The van der Waals surface area contributed by atoms with Gasteiger partial charge in [-0.25, -0.2) is 0 Å². The molecule has 0 aromatic heterocycles. The van der Waals surface area contributed by atoms with Crippen molar-refractivity contribution in [2.45, 2.75) is 26.1 Å². The predicted octanol–water partition coefficient (Wildman–Crippen LogP) is 3.54. The third-order valence-corrected chi connectivity index (χ3v) is 4.01. The molecule has 1 aromatic carbocycles. The second-order valence-electron chi connectivity index (χ2n) is 5.27. The van der Waals surface area contributed by atoms with Crippen molar-refractivity contribution >= 4 is 35.2 Å². The lowest BCUT2D eigenvalue weighted by Crippen LogP contribution is -2.48. The van der Waals surface area contributed by atoms with Crippen LogP contribution in [0.15, 0.2) is 23.8 Å². The number of morpholine rings is 1. The Morgan fingerprint density at radius 3 is 2.36 bits per heavy atom. The molecule has 0 bridgehead atoms. The molecule has 1 aliphatic heterocycles. The molecule has 2 unspecified atom stereocenters. The molecule has 0 radical (unpaired) electrons. The molecular formula is C16H16Cl2N2O2. The van der Waals surface area contributed by atoms with Gasteiger partial charge in [0.25, 0.3) is 5.91 Å². The number of rotatable bonds is 2. The van der Waals surface area contributed by atoms with Crippen LogP contribution in [-0.4, -0.2) is 36.1 Å². The van der Waals surface area contributed by atoms with Gasteiger partial charge >= 0.3 is 0 Å². The zero-order chi connectivity index (χ0) is 16.3. The van der Waals surface area contributed by atoms with Crippen molar-refractivity contribution < 1.29 is 9.53 Å². The second kappa shape index (κ2) is 7.15. The Morgan fingerprint density at radius 1 is 1.32 bits per heavy atom. The summed E-state index contributed by atoms with van der Waals surface area (Å²) in [6.45, 7) is 4.71. The Hall–Kier alpha value is -1.54. The molecular weight excluding hydrogens is 323 g/mol. The molecule has 1 aromatic rings. The molecule has 1 fully saturated rings. The van der Waals surface area contributed by atoms with Crippen LogP contribution in [0.2, 0.25) is 10.0 Å². The lowest BCUT2D eigenvalue weighted by molar-refractivity contribution is -0.138. The van der Waals surface area contributed by atoms with Gasteiger partial charge < -0.3 is 9.64 Å². The summed E-state index contributed by atoms with van der Waals surface area (Å²) in [4.78, 5) is 14.2. The fourth-order valence-electron chi connectivity index (χ4n) is 2.45. The highest BCUT2D eigenvalue weighted by molar-refractivity contribution is 6.37. The molecule has 1 saturated heterocycles. The Balaban J connectivity index is 2.30. The lowest BCUT2D eigenvalue weighted by atomic mass is 10.1. The second-order valence-corrected chi connectivity index (χ2v) is 6.09. The van der Waals surface area contributed by atoms with E-state index < -0.39 is 0 Å². The van der Waals surface area contributed by atoms with E-state index in [0.717, 1.165) is 0 Å². The van der Waals surface area contributed by atoms with Gasteiger partial charge in [-0.2, -0.15) is 5.26 Å². The number of nitriles is 1. The third kappa shape index (κ3) is 3.80. The Morgan fingerprint density at radius 2 is 1.86 bits per heavy atom. The average molecular weight is 339 g/mol. The van der Waals surface area contributed by atoms with Gasteiger partial charge in [0.15, 0.2) is 0 Å². The Kier molecular flexibility index (Phi) is 5.47. The van der Waals surface area contributed by atoms with E-state index in [1.807, 2.05) is 19.9 Å². The van der Waals surface area contributed by atoms with Crippen LogP contribution in [-0.2, 0) is 9.53 Å². The molecule has 0 N–H and O–H groups in total. The maximum atomic E-state index is 12.5. The van der Waals surface area contributed by atoms with Crippen LogP contribution in [0.3, 0.4) is 0 Å². The number of ether oxygens (including phenoxy) is 1. The first-order valence-corrected chi connectivity index (χ1v) is 7.68. The van der Waals surface area contributed by atoms with E-state index in [2.05, 4.69) is 0 Å². The summed E-state index contributed by atoms with van der Waals surface area (Å²) in [5.74, 6) is -0.333. The van der Waals surface area contributed by atoms with E-state index in [1.165, 1.54) is 6.08 Å². The van der Waals surface area contributed by atoms with Crippen molar-refractivity contribution in [3.05, 3.63) is 39.4 Å². The van der Waals surface area contributed by atoms with Crippen LogP contribution < -0.4 is 0 Å². The van der Waals surface area contributed by atoms with Crippen LogP contribution in [0.4, 0.5) is 0 Å². The van der Waals surface area contributed by atoms with E-state index >= 15 is 0 Å². The molecule has 2 atom stereocenters. The normalized spacial score (nSPS) is 22.3. The summed E-state index contributed by atoms with van der Waals surface area (Å²) >= 11 is 12.2. The van der Waals surface area contributed by atoms with Gasteiger partial charge in [-0.3, -0.25) is 4.79 Å². The van der Waals surface area contributed by atoms with Crippen molar-refractivity contribution in [3.63, 3.8) is 0 Å². The van der Waals surface area contributed by atoms with Crippen LogP contribution in [0.25, 0.3) is 6.08 Å². The minimum absolute atomic E-state index is 0.0105. The van der Waals surface area contributed by atoms with Gasteiger partial charge in [0, 0.05) is 28.7 Å². The molecule has 1 amide bonds. The molecule has 0 spiro atoms. The highest BCUT2D eigenvalue weighted by Crippen LogP contribution is 2.27. The zero-order valence-electron chi connectivity index (χ0n) is 12.3. The number of amides is 1. The third-order valence-electron chi connectivity index (χ3n) is 3.35. The van der Waals surface area contributed by atoms with Crippen LogP contribution in [0.1, 0.15) is 19.4 Å². The number of hydrogen-bond acceptors (Lipinski definition) is 3. The molecule has 1 aliphatic rings. The molecule has 116 valence electrons. The van der Waals surface area contributed by atoms with Crippen molar-refractivity contribution in [2.75, 3.05) is 13.1 Å². The smallest absolute Gasteiger partial charge is 0.264 e. The molecule has 6 heteroatoms. The van der Waals surface area contributed by atoms with E-state index in [-0.39, 0.29) is 23.7 Å². The number of carbonyl (C=O) groups excluding carboxylic acids is 1. The standard InChI is InChI=1S/C16H16Cl2N2O2/c1-10-8-20(9-11(2)22-10)16(21)12(7-19)6-13-14(17)4-3-5-15(13)18/h3-6,10-11H,8-9H2,1-2H3/b12-6+.